The Labute approximate surface area is 77.9 Å². The van der Waals surface area contributed by atoms with Gasteiger partial charge in [-0.2, -0.15) is 0 Å². The van der Waals surface area contributed by atoms with E-state index in [2.05, 4.69) is 10.2 Å². The molecule has 7 nitrogen and oxygen atoms in total. The largest absolute Gasteiger partial charge is 0.462 e. The zero-order chi connectivity index (χ0) is 10.6. The van der Waals surface area contributed by atoms with Gasteiger partial charge in [0.05, 0.1) is 10.6 Å². The molecule has 1 rings (SSSR count). The van der Waals surface area contributed by atoms with Crippen LogP contribution in [0.25, 0.3) is 0 Å². The number of hydrogen-bond donors (Lipinski definition) is 1. The van der Waals surface area contributed by atoms with E-state index >= 15 is 0 Å². The van der Waals surface area contributed by atoms with Crippen LogP contribution in [0.3, 0.4) is 0 Å². The van der Waals surface area contributed by atoms with Gasteiger partial charge in [0.25, 0.3) is 5.69 Å². The predicted octanol–water partition coefficient (Wildman–Crippen LogP) is 2.36. The van der Waals surface area contributed by atoms with E-state index in [0.717, 1.165) is 0 Å². The molecule has 0 saturated carbocycles. The highest BCUT2D eigenvalue weighted by atomic mass is 16.6. The Kier molecular flexibility index (Phi) is 2.85. The third-order valence-electron chi connectivity index (χ3n) is 1.31. The van der Waals surface area contributed by atoms with Gasteiger partial charge in [-0.1, -0.05) is 5.11 Å². The second kappa shape index (κ2) is 4.08. The van der Waals surface area contributed by atoms with Crippen LogP contribution in [0.15, 0.2) is 34.5 Å². The molecule has 0 radical (unpaired) electrons. The number of nitro groups is 1. The molecule has 72 valence electrons. The highest BCUT2D eigenvalue weighted by molar-refractivity contribution is 5.65. The topological polar surface area (TPSA) is 105 Å². The summed E-state index contributed by atoms with van der Waals surface area (Å²) in [5.74, 6) is 0. The molecule has 0 atom stereocenters. The summed E-state index contributed by atoms with van der Waals surface area (Å²) in [6, 6.07) is 5.06. The number of carboxylic acid groups (broad SMARTS) is 1. The van der Waals surface area contributed by atoms with Crippen LogP contribution in [0.4, 0.5) is 16.2 Å². The molecule has 0 aliphatic carbocycles. The molecule has 0 fully saturated rings. The van der Waals surface area contributed by atoms with Crippen molar-refractivity contribution in [2.24, 2.45) is 10.2 Å². The molecular formula is C7H5N3O4. The van der Waals surface area contributed by atoms with Gasteiger partial charge in [-0.15, -0.1) is 5.11 Å². The third-order valence-corrected chi connectivity index (χ3v) is 1.31. The summed E-state index contributed by atoms with van der Waals surface area (Å²) < 4.78 is 0. The molecule has 0 unspecified atom stereocenters. The lowest BCUT2D eigenvalue weighted by molar-refractivity contribution is -0.384. The number of non-ortho nitro benzene ring substituents is 1. The van der Waals surface area contributed by atoms with Crippen LogP contribution >= 0.6 is 0 Å². The van der Waals surface area contributed by atoms with Crippen LogP contribution < -0.4 is 0 Å². The van der Waals surface area contributed by atoms with Gasteiger partial charge in [-0.3, -0.25) is 10.1 Å². The van der Waals surface area contributed by atoms with Gasteiger partial charge in [-0.05, 0) is 12.1 Å². The molecule has 0 saturated heterocycles. The monoisotopic (exact) mass is 195 g/mol. The lowest BCUT2D eigenvalue weighted by Crippen LogP contribution is -1.85. The first-order valence-electron chi connectivity index (χ1n) is 3.49. The second-order valence-electron chi connectivity index (χ2n) is 2.26. The molecule has 0 heterocycles. The van der Waals surface area contributed by atoms with Gasteiger partial charge in [0.15, 0.2) is 0 Å². The SMILES string of the molecule is O=C(O)N=Nc1ccc([N+](=O)[O-])cc1. The number of amides is 1. The maximum Gasteiger partial charge on any atom is 0.449 e. The molecule has 0 aromatic heterocycles. The molecule has 1 aromatic rings. The molecule has 7 heteroatoms. The van der Waals surface area contributed by atoms with Crippen molar-refractivity contribution >= 4 is 17.5 Å². The summed E-state index contributed by atoms with van der Waals surface area (Å²) in [5, 5.41) is 24.5. The zero-order valence-corrected chi connectivity index (χ0v) is 6.82. The highest BCUT2D eigenvalue weighted by Gasteiger charge is 2.03. The van der Waals surface area contributed by atoms with E-state index in [1.807, 2.05) is 0 Å². The molecule has 0 aliphatic rings. The molecule has 1 aromatic carbocycles. The Morgan fingerprint density at radius 2 is 1.93 bits per heavy atom. The van der Waals surface area contributed by atoms with Crippen molar-refractivity contribution in [1.29, 1.82) is 0 Å². The van der Waals surface area contributed by atoms with E-state index in [-0.39, 0.29) is 11.4 Å². The Morgan fingerprint density at radius 3 is 2.36 bits per heavy atom. The summed E-state index contributed by atoms with van der Waals surface area (Å²) in [5.41, 5.74) is 0.164. The number of carbonyl (C=O) groups is 1. The van der Waals surface area contributed by atoms with Gasteiger partial charge in [0, 0.05) is 12.1 Å². The standard InChI is InChI=1S/C7H5N3O4/c11-7(12)9-8-5-1-3-6(4-2-5)10(13)14/h1-4H,(H,11,12). The lowest BCUT2D eigenvalue weighted by atomic mass is 10.3. The molecule has 14 heavy (non-hydrogen) atoms. The van der Waals surface area contributed by atoms with Crippen LogP contribution in [0.5, 0.6) is 0 Å². The molecule has 0 bridgehead atoms. The molecular weight excluding hydrogens is 190 g/mol. The quantitative estimate of drug-likeness (QED) is 0.444. The average molecular weight is 195 g/mol. The maximum atomic E-state index is 10.2. The summed E-state index contributed by atoms with van der Waals surface area (Å²) in [6.07, 6.45) is -1.41. The minimum absolute atomic E-state index is 0.0840. The van der Waals surface area contributed by atoms with Crippen molar-refractivity contribution < 1.29 is 14.8 Å². The van der Waals surface area contributed by atoms with Gasteiger partial charge in [-0.25, -0.2) is 4.79 Å². The van der Waals surface area contributed by atoms with E-state index in [1.165, 1.54) is 24.3 Å². The second-order valence-corrected chi connectivity index (χ2v) is 2.26. The molecule has 1 N–H and O–H groups in total. The summed E-state index contributed by atoms with van der Waals surface area (Å²) in [4.78, 5) is 19.7. The molecule has 0 spiro atoms. The summed E-state index contributed by atoms with van der Waals surface area (Å²) >= 11 is 0. The van der Waals surface area contributed by atoms with Gasteiger partial charge in [0.1, 0.15) is 0 Å². The van der Waals surface area contributed by atoms with E-state index in [4.69, 9.17) is 5.11 Å². The van der Waals surface area contributed by atoms with Crippen molar-refractivity contribution in [3.63, 3.8) is 0 Å². The van der Waals surface area contributed by atoms with Crippen molar-refractivity contribution in [2.75, 3.05) is 0 Å². The Morgan fingerprint density at radius 1 is 1.36 bits per heavy atom. The number of benzene rings is 1. The minimum Gasteiger partial charge on any atom is -0.462 e. The van der Waals surface area contributed by atoms with Gasteiger partial charge < -0.3 is 5.11 Å². The summed E-state index contributed by atoms with van der Waals surface area (Å²) in [7, 11) is 0. The normalized spacial score (nSPS) is 10.3. The van der Waals surface area contributed by atoms with Gasteiger partial charge >= 0.3 is 6.09 Å². The maximum absolute atomic E-state index is 10.2. The van der Waals surface area contributed by atoms with Gasteiger partial charge in [0.2, 0.25) is 0 Å². The zero-order valence-electron chi connectivity index (χ0n) is 6.82. The first kappa shape index (κ1) is 9.78. The van der Waals surface area contributed by atoms with Crippen molar-refractivity contribution in [2.45, 2.75) is 0 Å². The van der Waals surface area contributed by atoms with E-state index in [1.54, 1.807) is 0 Å². The van der Waals surface area contributed by atoms with Crippen molar-refractivity contribution in [3.8, 4) is 0 Å². The van der Waals surface area contributed by atoms with E-state index in [0.29, 0.717) is 0 Å². The Bertz CT molecular complexity index is 384. The number of hydrogen-bond acceptors (Lipinski definition) is 4. The fourth-order valence-electron chi connectivity index (χ4n) is 0.742. The molecule has 0 aliphatic heterocycles. The molecule has 1 amide bonds. The van der Waals surface area contributed by atoms with Crippen LogP contribution in [0.1, 0.15) is 0 Å². The third kappa shape index (κ3) is 2.63. The smallest absolute Gasteiger partial charge is 0.449 e. The predicted molar refractivity (Wildman–Crippen MR) is 45.6 cm³/mol. The number of azo groups is 1. The van der Waals surface area contributed by atoms with Crippen LogP contribution in [-0.2, 0) is 0 Å². The minimum atomic E-state index is -1.41. The first-order valence-corrected chi connectivity index (χ1v) is 3.49. The van der Waals surface area contributed by atoms with Crippen molar-refractivity contribution in [3.05, 3.63) is 34.4 Å². The highest BCUT2D eigenvalue weighted by Crippen LogP contribution is 2.17. The summed E-state index contributed by atoms with van der Waals surface area (Å²) in [6.45, 7) is 0. The van der Waals surface area contributed by atoms with Crippen LogP contribution in [0.2, 0.25) is 0 Å². The van der Waals surface area contributed by atoms with E-state index < -0.39 is 11.0 Å². The van der Waals surface area contributed by atoms with Crippen LogP contribution in [-0.4, -0.2) is 16.1 Å². The Balaban J connectivity index is 2.83. The fourth-order valence-corrected chi connectivity index (χ4v) is 0.742. The Hall–Kier alpha value is -2.31. The lowest BCUT2D eigenvalue weighted by Gasteiger charge is -1.90. The first-order chi connectivity index (χ1) is 6.59. The van der Waals surface area contributed by atoms with Crippen LogP contribution in [0, 0.1) is 10.1 Å². The average Bonchev–Trinajstić information content (AvgIpc) is 2.15. The van der Waals surface area contributed by atoms with Crippen molar-refractivity contribution in [1.82, 2.24) is 0 Å². The number of nitrogens with zero attached hydrogens (tertiary/aromatic N) is 3. The number of nitro benzene ring substituents is 1. The number of rotatable bonds is 2. The fraction of sp³-hybridized carbons (Fsp3) is 0. The van der Waals surface area contributed by atoms with E-state index in [9.17, 15) is 14.9 Å².